The van der Waals surface area contributed by atoms with Gasteiger partial charge in [-0.05, 0) is 48.5 Å². The minimum Gasteiger partial charge on any atom is -0.265 e. The van der Waals surface area contributed by atoms with E-state index in [1.807, 2.05) is 72.8 Å². The Morgan fingerprint density at radius 1 is 0.412 bits per heavy atom. The summed E-state index contributed by atoms with van der Waals surface area (Å²) in [6, 6.07) is 22.9. The van der Waals surface area contributed by atoms with Gasteiger partial charge in [0.1, 0.15) is 0 Å². The second-order valence-electron chi connectivity index (χ2n) is 4.98. The predicted molar refractivity (Wildman–Crippen MR) is 101 cm³/mol. The molecule has 0 fully saturated rings. The molecule has 11 nitrogen and oxygen atoms in total. The number of hydrogen-bond donors (Lipinski definition) is 0. The van der Waals surface area contributed by atoms with Crippen LogP contribution in [0.25, 0.3) is 0 Å². The first-order valence-corrected chi connectivity index (χ1v) is 12.9. The first-order chi connectivity index (χ1) is 15.7. The molecule has 0 atom stereocenters. The second-order valence-corrected chi connectivity index (χ2v) is 8.62. The van der Waals surface area contributed by atoms with Crippen LogP contribution in [0.3, 0.4) is 0 Å². The third-order valence-corrected chi connectivity index (χ3v) is 5.10. The molecule has 0 spiro atoms. The summed E-state index contributed by atoms with van der Waals surface area (Å²) in [6.07, 6.45) is 14.0. The molecule has 0 saturated carbocycles. The van der Waals surface area contributed by atoms with Crippen molar-refractivity contribution in [3.8, 4) is 0 Å². The molecule has 0 aliphatic heterocycles. The average Bonchev–Trinajstić information content (AvgIpc) is 2.83. The SMILES string of the molecule is [Co+2].[O]=[Cr](=[O])([O-])[O][Cr](=[O])(=[O])[O-].c1ccncc1.c1ccncc1.c1ccncc1.c1ccncc1. The zero-order valence-corrected chi connectivity index (χ0v) is 20.9. The van der Waals surface area contributed by atoms with Crippen molar-refractivity contribution in [2.75, 3.05) is 0 Å². The van der Waals surface area contributed by atoms with Crippen molar-refractivity contribution in [1.82, 2.24) is 19.9 Å². The van der Waals surface area contributed by atoms with Crippen molar-refractivity contribution in [2.24, 2.45) is 0 Å². The van der Waals surface area contributed by atoms with Gasteiger partial charge in [-0.25, -0.2) is 0 Å². The van der Waals surface area contributed by atoms with Gasteiger partial charge in [-0.1, -0.05) is 24.3 Å². The van der Waals surface area contributed by atoms with Gasteiger partial charge in [0.15, 0.2) is 0 Å². The molecule has 183 valence electrons. The van der Waals surface area contributed by atoms with Gasteiger partial charge < -0.3 is 0 Å². The summed E-state index contributed by atoms with van der Waals surface area (Å²) in [5.74, 6) is 0. The maximum Gasteiger partial charge on any atom is 0.0267 e. The van der Waals surface area contributed by atoms with Gasteiger partial charge in [0.2, 0.25) is 0 Å². The van der Waals surface area contributed by atoms with E-state index in [-0.39, 0.29) is 16.8 Å². The molecule has 34 heavy (non-hydrogen) atoms. The van der Waals surface area contributed by atoms with Gasteiger partial charge in [-0.3, -0.25) is 19.9 Å². The van der Waals surface area contributed by atoms with Gasteiger partial charge in [0.05, 0.1) is 0 Å². The number of nitrogens with zero attached hydrogens (tertiary/aromatic N) is 4. The van der Waals surface area contributed by atoms with Crippen LogP contribution in [0.2, 0.25) is 0 Å². The molecule has 14 heteroatoms. The summed E-state index contributed by atoms with van der Waals surface area (Å²) < 4.78 is 58.9. The molecule has 0 N–H and O–H groups in total. The summed E-state index contributed by atoms with van der Waals surface area (Å²) in [4.78, 5) is 15.1. The van der Waals surface area contributed by atoms with Crippen molar-refractivity contribution in [2.45, 2.75) is 0 Å². The summed E-state index contributed by atoms with van der Waals surface area (Å²) in [5, 5.41) is 0. The van der Waals surface area contributed by atoms with Crippen LogP contribution >= 0.6 is 0 Å². The molecule has 0 aliphatic carbocycles. The van der Waals surface area contributed by atoms with E-state index in [2.05, 4.69) is 22.8 Å². The fraction of sp³-hybridized carbons (Fsp3) is 0. The molecule has 4 aromatic heterocycles. The van der Waals surface area contributed by atoms with Crippen molar-refractivity contribution < 1.29 is 70.4 Å². The van der Waals surface area contributed by atoms with Gasteiger partial charge in [0.25, 0.3) is 0 Å². The summed E-state index contributed by atoms with van der Waals surface area (Å²) in [6.45, 7) is 0. The largest absolute Gasteiger partial charge is 0.265 e. The third-order valence-electron chi connectivity index (χ3n) is 2.43. The van der Waals surface area contributed by atoms with Crippen LogP contribution in [0.4, 0.5) is 0 Å². The molecule has 0 saturated heterocycles. The Hall–Kier alpha value is -2.75. The van der Waals surface area contributed by atoms with E-state index in [0.717, 1.165) is 0 Å². The predicted octanol–water partition coefficient (Wildman–Crippen LogP) is 1.40. The van der Waals surface area contributed by atoms with E-state index < -0.39 is 27.2 Å². The Labute approximate surface area is 211 Å². The maximum atomic E-state index is 9.38. The maximum absolute atomic E-state index is 9.38. The summed E-state index contributed by atoms with van der Waals surface area (Å²) in [5.41, 5.74) is 0. The fourth-order valence-corrected chi connectivity index (χ4v) is 2.99. The monoisotopic (exact) mass is 591 g/mol. The number of hydrogen-bond acceptors (Lipinski definition) is 11. The fourth-order valence-electron chi connectivity index (χ4n) is 1.35. The van der Waals surface area contributed by atoms with Gasteiger partial charge in [-0.2, -0.15) is 0 Å². The quantitative estimate of drug-likeness (QED) is 0.329. The molecule has 0 amide bonds. The molecule has 4 heterocycles. The van der Waals surface area contributed by atoms with E-state index >= 15 is 0 Å². The first kappa shape index (κ1) is 33.4. The zero-order valence-electron chi connectivity index (χ0n) is 17.3. The Balaban J connectivity index is 0. The molecule has 0 aliphatic rings. The smallest absolute Gasteiger partial charge is 0.0267 e. The van der Waals surface area contributed by atoms with Crippen LogP contribution in [0, 0.1) is 0 Å². The van der Waals surface area contributed by atoms with Crippen molar-refractivity contribution in [3.63, 3.8) is 0 Å². The van der Waals surface area contributed by atoms with Crippen LogP contribution in [0.15, 0.2) is 122 Å². The molecule has 4 aromatic rings. The standard InChI is InChI=1S/4C5H5N.Co.2Cr.7O/c4*1-2-4-6-5-3-1;;;;;;;;;;/h4*1-5H;;;;;;;;;;/q;;;;+2;;;;;;;;2*-1. The minimum atomic E-state index is -6.07. The van der Waals surface area contributed by atoms with Crippen LogP contribution in [0.1, 0.15) is 0 Å². The molecule has 0 unspecified atom stereocenters. The molecule has 0 aromatic carbocycles. The van der Waals surface area contributed by atoms with Crippen LogP contribution in [0.5, 0.6) is 0 Å². The van der Waals surface area contributed by atoms with Gasteiger partial charge in [-0.15, -0.1) is 0 Å². The van der Waals surface area contributed by atoms with Crippen LogP contribution in [-0.2, 0) is 62.1 Å². The van der Waals surface area contributed by atoms with E-state index in [9.17, 15) is 23.5 Å². The topological polar surface area (TPSA) is 175 Å². The Morgan fingerprint density at radius 3 is 0.618 bits per heavy atom. The Bertz CT molecular complexity index is 868. The Morgan fingerprint density at radius 2 is 0.588 bits per heavy atom. The Kier molecular flexibility index (Phi) is 21.7. The van der Waals surface area contributed by atoms with Crippen LogP contribution in [-0.4, -0.2) is 19.9 Å². The summed E-state index contributed by atoms with van der Waals surface area (Å²) >= 11 is -12.1. The molecule has 1 radical (unpaired) electrons. The van der Waals surface area contributed by atoms with E-state index in [4.69, 9.17) is 0 Å². The number of pyridine rings is 4. The normalized spacial score (nSPS) is 9.24. The molecule has 4 rings (SSSR count). The molecular weight excluding hydrogens is 571 g/mol. The van der Waals surface area contributed by atoms with Crippen molar-refractivity contribution in [3.05, 3.63) is 122 Å². The number of aromatic nitrogens is 4. The van der Waals surface area contributed by atoms with Crippen LogP contribution < -0.4 is 8.32 Å². The molecule has 0 bridgehead atoms. The van der Waals surface area contributed by atoms with E-state index in [1.165, 1.54) is 0 Å². The van der Waals surface area contributed by atoms with Gasteiger partial charge >= 0.3 is 70.4 Å². The van der Waals surface area contributed by atoms with Gasteiger partial charge in [0, 0.05) is 49.6 Å². The van der Waals surface area contributed by atoms with Crippen molar-refractivity contribution in [1.29, 1.82) is 0 Å². The molecular formula is C20H20CoCr2N4O7. The summed E-state index contributed by atoms with van der Waals surface area (Å²) in [7, 11) is 0. The first-order valence-electron chi connectivity index (χ1n) is 8.73. The second kappa shape index (κ2) is 22.1. The zero-order chi connectivity index (χ0) is 24.7. The minimum absolute atomic E-state index is 0. The van der Waals surface area contributed by atoms with E-state index in [0.29, 0.717) is 0 Å². The third kappa shape index (κ3) is 31.4. The van der Waals surface area contributed by atoms with Crippen molar-refractivity contribution >= 4 is 0 Å². The van der Waals surface area contributed by atoms with E-state index in [1.54, 1.807) is 49.6 Å². The number of rotatable bonds is 2. The average molecular weight is 591 g/mol.